The molecule has 0 atom stereocenters. The molecule has 0 heterocycles. The number of hydrogen-bond donors (Lipinski definition) is 1. The van der Waals surface area contributed by atoms with Gasteiger partial charge in [0, 0.05) is 0 Å². The van der Waals surface area contributed by atoms with Crippen LogP contribution in [0.15, 0.2) is 17.0 Å². The number of rotatable bonds is 8. The Morgan fingerprint density at radius 1 is 1.17 bits per heavy atom. The van der Waals surface area contributed by atoms with Crippen molar-refractivity contribution in [2.45, 2.75) is 31.1 Å². The summed E-state index contributed by atoms with van der Waals surface area (Å²) in [5.74, 6) is 2.86. The number of nitrogens with two attached hydrogens (primary N) is 1. The molecule has 0 bridgehead atoms. The maximum atomic E-state index is 5.59. The molecule has 102 valence electrons. The lowest BCUT2D eigenvalue weighted by Gasteiger charge is -2.14. The van der Waals surface area contributed by atoms with E-state index in [2.05, 4.69) is 19.1 Å². The van der Waals surface area contributed by atoms with Gasteiger partial charge in [0.1, 0.15) is 11.5 Å². The van der Waals surface area contributed by atoms with Gasteiger partial charge in [-0.15, -0.1) is 11.8 Å². The van der Waals surface area contributed by atoms with Gasteiger partial charge >= 0.3 is 0 Å². The fourth-order valence-electron chi connectivity index (χ4n) is 1.71. The van der Waals surface area contributed by atoms with Gasteiger partial charge in [0.2, 0.25) is 0 Å². The molecule has 0 radical (unpaired) electrons. The Morgan fingerprint density at radius 2 is 1.78 bits per heavy atom. The third-order valence-electron chi connectivity index (χ3n) is 2.70. The Balaban J connectivity index is 2.97. The summed E-state index contributed by atoms with van der Waals surface area (Å²) in [6.45, 7) is 2.83. The predicted molar refractivity (Wildman–Crippen MR) is 77.9 cm³/mol. The van der Waals surface area contributed by atoms with Gasteiger partial charge in [-0.1, -0.05) is 13.3 Å². The summed E-state index contributed by atoms with van der Waals surface area (Å²) in [5, 5.41) is 0. The van der Waals surface area contributed by atoms with Crippen molar-refractivity contribution in [1.29, 1.82) is 0 Å². The average molecular weight is 269 g/mol. The largest absolute Gasteiger partial charge is 0.495 e. The van der Waals surface area contributed by atoms with E-state index in [4.69, 9.17) is 15.2 Å². The van der Waals surface area contributed by atoms with Crippen molar-refractivity contribution in [2.75, 3.05) is 26.5 Å². The summed E-state index contributed by atoms with van der Waals surface area (Å²) in [7, 11) is 3.40. The van der Waals surface area contributed by atoms with Crippen LogP contribution in [0.2, 0.25) is 0 Å². The molecule has 0 saturated carbocycles. The first-order valence-electron chi connectivity index (χ1n) is 6.34. The van der Waals surface area contributed by atoms with E-state index < -0.39 is 0 Å². The molecule has 0 aliphatic rings. The molecule has 3 nitrogen and oxygen atoms in total. The van der Waals surface area contributed by atoms with Crippen LogP contribution in [-0.2, 0) is 6.42 Å². The van der Waals surface area contributed by atoms with Crippen LogP contribution in [-0.4, -0.2) is 26.5 Å². The second-order valence-corrected chi connectivity index (χ2v) is 5.18. The number of hydrogen-bond acceptors (Lipinski definition) is 4. The topological polar surface area (TPSA) is 44.5 Å². The second-order valence-electron chi connectivity index (χ2n) is 4.07. The third kappa shape index (κ3) is 4.10. The summed E-state index contributed by atoms with van der Waals surface area (Å²) >= 11 is 1.79. The van der Waals surface area contributed by atoms with Gasteiger partial charge in [-0.3, -0.25) is 0 Å². The summed E-state index contributed by atoms with van der Waals surface area (Å²) in [4.78, 5) is 1.09. The highest BCUT2D eigenvalue weighted by Crippen LogP contribution is 2.39. The Morgan fingerprint density at radius 3 is 2.22 bits per heavy atom. The molecule has 2 N–H and O–H groups in total. The monoisotopic (exact) mass is 269 g/mol. The molecule has 0 aliphatic carbocycles. The van der Waals surface area contributed by atoms with Crippen molar-refractivity contribution in [3.63, 3.8) is 0 Å². The quantitative estimate of drug-likeness (QED) is 0.582. The van der Waals surface area contributed by atoms with E-state index in [1.54, 1.807) is 26.0 Å². The van der Waals surface area contributed by atoms with Crippen LogP contribution in [0.1, 0.15) is 25.3 Å². The molecule has 4 heteroatoms. The van der Waals surface area contributed by atoms with E-state index >= 15 is 0 Å². The minimum absolute atomic E-state index is 0.634. The summed E-state index contributed by atoms with van der Waals surface area (Å²) in [6.07, 6.45) is 3.23. The number of unbranched alkanes of at least 4 members (excludes halogenated alkanes) is 1. The van der Waals surface area contributed by atoms with E-state index in [9.17, 15) is 0 Å². The molecule has 1 aromatic rings. The van der Waals surface area contributed by atoms with Gasteiger partial charge < -0.3 is 15.2 Å². The zero-order valence-electron chi connectivity index (χ0n) is 11.5. The SMILES string of the molecule is CCCCSc1c(OC)cc(CCN)cc1OC. The standard InChI is InChI=1S/C14H23NO2S/c1-4-5-8-18-14-12(16-2)9-11(6-7-15)10-13(14)17-3/h9-10H,4-8,15H2,1-3H3. The van der Waals surface area contributed by atoms with Gasteiger partial charge in [-0.2, -0.15) is 0 Å². The highest BCUT2D eigenvalue weighted by atomic mass is 32.2. The first-order valence-corrected chi connectivity index (χ1v) is 7.33. The number of methoxy groups -OCH3 is 2. The normalized spacial score (nSPS) is 10.4. The Kier molecular flexibility index (Phi) is 6.98. The predicted octanol–water partition coefficient (Wildman–Crippen LogP) is 3.10. The third-order valence-corrected chi connectivity index (χ3v) is 3.88. The number of ether oxygens (including phenoxy) is 2. The minimum Gasteiger partial charge on any atom is -0.495 e. The molecule has 0 amide bonds. The fraction of sp³-hybridized carbons (Fsp3) is 0.571. The van der Waals surface area contributed by atoms with E-state index in [0.29, 0.717) is 6.54 Å². The van der Waals surface area contributed by atoms with Gasteiger partial charge in [0.25, 0.3) is 0 Å². The van der Waals surface area contributed by atoms with Gasteiger partial charge in [-0.25, -0.2) is 0 Å². The highest BCUT2D eigenvalue weighted by Gasteiger charge is 2.12. The fourth-order valence-corrected chi connectivity index (χ4v) is 2.91. The van der Waals surface area contributed by atoms with Crippen molar-refractivity contribution in [1.82, 2.24) is 0 Å². The zero-order chi connectivity index (χ0) is 13.4. The maximum absolute atomic E-state index is 5.59. The van der Waals surface area contributed by atoms with E-state index in [1.807, 2.05) is 0 Å². The molecular weight excluding hydrogens is 246 g/mol. The zero-order valence-corrected chi connectivity index (χ0v) is 12.3. The summed E-state index contributed by atoms with van der Waals surface area (Å²) < 4.78 is 10.9. The minimum atomic E-state index is 0.634. The van der Waals surface area contributed by atoms with Crippen molar-refractivity contribution in [2.24, 2.45) is 5.73 Å². The van der Waals surface area contributed by atoms with Crippen molar-refractivity contribution < 1.29 is 9.47 Å². The first kappa shape index (κ1) is 15.2. The average Bonchev–Trinajstić information content (AvgIpc) is 2.40. The molecular formula is C14H23NO2S. The van der Waals surface area contributed by atoms with Crippen LogP contribution in [0.25, 0.3) is 0 Å². The lowest BCUT2D eigenvalue weighted by atomic mass is 10.1. The first-order chi connectivity index (χ1) is 8.76. The molecule has 0 aromatic heterocycles. The summed E-state index contributed by atoms with van der Waals surface area (Å²) in [6, 6.07) is 4.12. The van der Waals surface area contributed by atoms with Crippen LogP contribution in [0.4, 0.5) is 0 Å². The maximum Gasteiger partial charge on any atom is 0.136 e. The number of benzene rings is 1. The summed E-state index contributed by atoms with van der Waals surface area (Å²) in [5.41, 5.74) is 6.75. The second kappa shape index (κ2) is 8.27. The van der Waals surface area contributed by atoms with Crippen LogP contribution in [0.3, 0.4) is 0 Å². The molecule has 0 unspecified atom stereocenters. The van der Waals surface area contributed by atoms with Crippen LogP contribution in [0.5, 0.6) is 11.5 Å². The van der Waals surface area contributed by atoms with Gasteiger partial charge in [-0.05, 0) is 42.8 Å². The molecule has 0 saturated heterocycles. The molecule has 0 spiro atoms. The Bertz CT molecular complexity index is 344. The van der Waals surface area contributed by atoms with E-state index in [0.717, 1.165) is 34.1 Å². The highest BCUT2D eigenvalue weighted by molar-refractivity contribution is 7.99. The Labute approximate surface area is 114 Å². The molecule has 18 heavy (non-hydrogen) atoms. The molecule has 1 rings (SSSR count). The molecule has 0 fully saturated rings. The van der Waals surface area contributed by atoms with E-state index in [-0.39, 0.29) is 0 Å². The van der Waals surface area contributed by atoms with Gasteiger partial charge in [0.15, 0.2) is 0 Å². The van der Waals surface area contributed by atoms with E-state index in [1.165, 1.54) is 12.8 Å². The molecule has 0 aliphatic heterocycles. The number of thioether (sulfide) groups is 1. The molecule has 1 aromatic carbocycles. The van der Waals surface area contributed by atoms with Crippen molar-refractivity contribution >= 4 is 11.8 Å². The Hall–Kier alpha value is -0.870. The lowest BCUT2D eigenvalue weighted by molar-refractivity contribution is 0.375. The smallest absolute Gasteiger partial charge is 0.136 e. The van der Waals surface area contributed by atoms with Crippen LogP contribution in [0, 0.1) is 0 Å². The van der Waals surface area contributed by atoms with Crippen LogP contribution >= 0.6 is 11.8 Å². The van der Waals surface area contributed by atoms with Crippen molar-refractivity contribution in [3.05, 3.63) is 17.7 Å². The van der Waals surface area contributed by atoms with Gasteiger partial charge in [0.05, 0.1) is 19.1 Å². The lowest BCUT2D eigenvalue weighted by Crippen LogP contribution is -2.04. The van der Waals surface area contributed by atoms with Crippen molar-refractivity contribution in [3.8, 4) is 11.5 Å². The van der Waals surface area contributed by atoms with Crippen LogP contribution < -0.4 is 15.2 Å².